The van der Waals surface area contributed by atoms with E-state index in [9.17, 15) is 0 Å². The zero-order valence-electron chi connectivity index (χ0n) is 9.81. The van der Waals surface area contributed by atoms with Crippen molar-refractivity contribution in [2.45, 2.75) is 19.2 Å². The standard InChI is InChI=1S/C12H17N3O/c1-14-5-9-3-4-12(13-11(9)8-14)15-6-10(7-15)16-2/h3-4,10H,5-8H2,1-2H3. The highest BCUT2D eigenvalue weighted by Crippen LogP contribution is 2.25. The summed E-state index contributed by atoms with van der Waals surface area (Å²) < 4.78 is 5.27. The molecule has 0 bridgehead atoms. The zero-order valence-corrected chi connectivity index (χ0v) is 9.81. The monoisotopic (exact) mass is 219 g/mol. The van der Waals surface area contributed by atoms with Gasteiger partial charge in [0.05, 0.1) is 11.8 Å². The van der Waals surface area contributed by atoms with Crippen LogP contribution in [-0.2, 0) is 17.8 Å². The van der Waals surface area contributed by atoms with Gasteiger partial charge in [-0.3, -0.25) is 4.90 Å². The Kier molecular flexibility index (Phi) is 2.33. The molecule has 16 heavy (non-hydrogen) atoms. The number of fused-ring (bicyclic) bond motifs is 1. The lowest BCUT2D eigenvalue weighted by molar-refractivity contribution is 0.0783. The number of anilines is 1. The van der Waals surface area contributed by atoms with E-state index in [0.717, 1.165) is 32.0 Å². The Morgan fingerprint density at radius 3 is 2.88 bits per heavy atom. The summed E-state index contributed by atoms with van der Waals surface area (Å²) in [7, 11) is 3.90. The highest BCUT2D eigenvalue weighted by atomic mass is 16.5. The van der Waals surface area contributed by atoms with Crippen LogP contribution >= 0.6 is 0 Å². The molecule has 0 aromatic carbocycles. The van der Waals surface area contributed by atoms with Gasteiger partial charge in [0, 0.05) is 33.3 Å². The Hall–Kier alpha value is -1.13. The first-order valence-corrected chi connectivity index (χ1v) is 5.71. The third kappa shape index (κ3) is 1.58. The van der Waals surface area contributed by atoms with Gasteiger partial charge in [-0.2, -0.15) is 0 Å². The average Bonchev–Trinajstić information content (AvgIpc) is 2.55. The van der Waals surface area contributed by atoms with E-state index in [4.69, 9.17) is 9.72 Å². The molecule has 4 heteroatoms. The van der Waals surface area contributed by atoms with Crippen molar-refractivity contribution in [1.82, 2.24) is 9.88 Å². The van der Waals surface area contributed by atoms with Crippen molar-refractivity contribution in [3.05, 3.63) is 23.4 Å². The molecule has 4 nitrogen and oxygen atoms in total. The van der Waals surface area contributed by atoms with Crippen molar-refractivity contribution in [3.63, 3.8) is 0 Å². The van der Waals surface area contributed by atoms with E-state index in [-0.39, 0.29) is 0 Å². The summed E-state index contributed by atoms with van der Waals surface area (Å²) in [5, 5.41) is 0. The summed E-state index contributed by atoms with van der Waals surface area (Å²) in [6.07, 6.45) is 0.387. The molecule has 0 amide bonds. The predicted octanol–water partition coefficient (Wildman–Crippen LogP) is 0.862. The van der Waals surface area contributed by atoms with Gasteiger partial charge in [0.2, 0.25) is 0 Å². The second-order valence-corrected chi connectivity index (χ2v) is 4.71. The molecule has 3 rings (SSSR count). The lowest BCUT2D eigenvalue weighted by Gasteiger charge is -2.39. The van der Waals surface area contributed by atoms with Crippen molar-refractivity contribution in [1.29, 1.82) is 0 Å². The topological polar surface area (TPSA) is 28.6 Å². The van der Waals surface area contributed by atoms with Crippen molar-refractivity contribution < 1.29 is 4.74 Å². The Bertz CT molecular complexity index is 401. The van der Waals surface area contributed by atoms with E-state index in [1.165, 1.54) is 11.3 Å². The van der Waals surface area contributed by atoms with Crippen molar-refractivity contribution in [2.75, 3.05) is 32.1 Å². The molecule has 0 spiro atoms. The summed E-state index contributed by atoms with van der Waals surface area (Å²) in [6.45, 7) is 3.95. The largest absolute Gasteiger partial charge is 0.378 e. The number of aromatic nitrogens is 1. The van der Waals surface area contributed by atoms with Crippen molar-refractivity contribution in [2.24, 2.45) is 0 Å². The fraction of sp³-hybridized carbons (Fsp3) is 0.583. The molecule has 1 fully saturated rings. The second kappa shape index (κ2) is 3.71. The van der Waals surface area contributed by atoms with E-state index in [2.05, 4.69) is 29.0 Å². The first-order valence-electron chi connectivity index (χ1n) is 5.71. The lowest BCUT2D eigenvalue weighted by atomic mass is 10.1. The minimum absolute atomic E-state index is 0.387. The molecule has 0 aliphatic carbocycles. The predicted molar refractivity (Wildman–Crippen MR) is 62.4 cm³/mol. The van der Waals surface area contributed by atoms with Gasteiger partial charge < -0.3 is 9.64 Å². The first-order chi connectivity index (χ1) is 7.76. The van der Waals surface area contributed by atoms with E-state index in [0.29, 0.717) is 6.10 Å². The molecule has 1 aromatic heterocycles. The molecular weight excluding hydrogens is 202 g/mol. The number of pyridine rings is 1. The molecule has 2 aliphatic heterocycles. The van der Waals surface area contributed by atoms with E-state index in [1.54, 1.807) is 7.11 Å². The van der Waals surface area contributed by atoms with Crippen LogP contribution in [0.15, 0.2) is 12.1 Å². The molecule has 0 atom stereocenters. The van der Waals surface area contributed by atoms with Gasteiger partial charge in [0.15, 0.2) is 0 Å². The molecule has 0 saturated carbocycles. The fourth-order valence-electron chi connectivity index (χ4n) is 2.35. The molecular formula is C12H17N3O. The summed E-state index contributed by atoms with van der Waals surface area (Å²) >= 11 is 0. The van der Waals surface area contributed by atoms with E-state index < -0.39 is 0 Å². The molecule has 0 N–H and O–H groups in total. The second-order valence-electron chi connectivity index (χ2n) is 4.71. The minimum atomic E-state index is 0.387. The van der Waals surface area contributed by atoms with Crippen LogP contribution in [0.3, 0.4) is 0 Å². The van der Waals surface area contributed by atoms with Crippen LogP contribution < -0.4 is 4.90 Å². The van der Waals surface area contributed by atoms with Crippen LogP contribution in [0.25, 0.3) is 0 Å². The molecule has 86 valence electrons. The van der Waals surface area contributed by atoms with Gasteiger partial charge in [-0.1, -0.05) is 6.07 Å². The van der Waals surface area contributed by atoms with Crippen LogP contribution in [0.5, 0.6) is 0 Å². The molecule has 0 unspecified atom stereocenters. The Morgan fingerprint density at radius 2 is 2.12 bits per heavy atom. The summed E-state index contributed by atoms with van der Waals surface area (Å²) in [5.41, 5.74) is 2.61. The number of methoxy groups -OCH3 is 1. The van der Waals surface area contributed by atoms with Gasteiger partial charge in [0.1, 0.15) is 5.82 Å². The summed E-state index contributed by atoms with van der Waals surface area (Å²) in [5.74, 6) is 1.10. The van der Waals surface area contributed by atoms with Crippen LogP contribution in [0, 0.1) is 0 Å². The molecule has 0 radical (unpaired) electrons. The Balaban J connectivity index is 1.76. The fourth-order valence-corrected chi connectivity index (χ4v) is 2.35. The number of hydrogen-bond acceptors (Lipinski definition) is 4. The van der Waals surface area contributed by atoms with Gasteiger partial charge in [-0.15, -0.1) is 0 Å². The first kappa shape index (κ1) is 10.1. The molecule has 3 heterocycles. The highest BCUT2D eigenvalue weighted by molar-refractivity contribution is 5.45. The normalized spacial score (nSPS) is 21.0. The third-order valence-electron chi connectivity index (χ3n) is 3.42. The SMILES string of the molecule is COC1CN(c2ccc3c(n2)CN(C)C3)C1. The van der Waals surface area contributed by atoms with E-state index >= 15 is 0 Å². The van der Waals surface area contributed by atoms with Gasteiger partial charge in [0.25, 0.3) is 0 Å². The molecule has 2 aliphatic rings. The van der Waals surface area contributed by atoms with Gasteiger partial charge >= 0.3 is 0 Å². The number of ether oxygens (including phenoxy) is 1. The summed E-state index contributed by atoms with van der Waals surface area (Å²) in [6, 6.07) is 4.34. The van der Waals surface area contributed by atoms with Gasteiger partial charge in [-0.05, 0) is 18.7 Å². The molecule has 1 aromatic rings. The summed E-state index contributed by atoms with van der Waals surface area (Å²) in [4.78, 5) is 9.28. The van der Waals surface area contributed by atoms with Crippen LogP contribution in [0.1, 0.15) is 11.3 Å². The zero-order chi connectivity index (χ0) is 11.1. The smallest absolute Gasteiger partial charge is 0.129 e. The Labute approximate surface area is 95.8 Å². The minimum Gasteiger partial charge on any atom is -0.378 e. The van der Waals surface area contributed by atoms with Crippen LogP contribution in [-0.4, -0.2) is 43.2 Å². The lowest BCUT2D eigenvalue weighted by Crippen LogP contribution is -2.52. The number of rotatable bonds is 2. The highest BCUT2D eigenvalue weighted by Gasteiger charge is 2.28. The van der Waals surface area contributed by atoms with Crippen LogP contribution in [0.2, 0.25) is 0 Å². The average molecular weight is 219 g/mol. The maximum absolute atomic E-state index is 5.27. The van der Waals surface area contributed by atoms with Gasteiger partial charge in [-0.25, -0.2) is 4.98 Å². The molecule has 1 saturated heterocycles. The Morgan fingerprint density at radius 1 is 1.31 bits per heavy atom. The van der Waals surface area contributed by atoms with Crippen molar-refractivity contribution >= 4 is 5.82 Å². The maximum atomic E-state index is 5.27. The number of nitrogens with zero attached hydrogens (tertiary/aromatic N) is 3. The van der Waals surface area contributed by atoms with E-state index in [1.807, 2.05) is 0 Å². The third-order valence-corrected chi connectivity index (χ3v) is 3.42. The number of hydrogen-bond donors (Lipinski definition) is 0. The maximum Gasteiger partial charge on any atom is 0.129 e. The quantitative estimate of drug-likeness (QED) is 0.737. The van der Waals surface area contributed by atoms with Crippen LogP contribution in [0.4, 0.5) is 5.82 Å². The van der Waals surface area contributed by atoms with Crippen molar-refractivity contribution in [3.8, 4) is 0 Å².